The lowest BCUT2D eigenvalue weighted by Crippen LogP contribution is -2.26. The smallest absolute Gasteiger partial charge is 0.335 e. The molecule has 0 unspecified atom stereocenters. The van der Waals surface area contributed by atoms with Crippen molar-refractivity contribution in [3.8, 4) is 5.75 Å². The first-order valence-corrected chi connectivity index (χ1v) is 8.82. The zero-order valence-corrected chi connectivity index (χ0v) is 15.4. The molecule has 2 rings (SSSR count). The highest BCUT2D eigenvalue weighted by Gasteiger charge is 2.10. The summed E-state index contributed by atoms with van der Waals surface area (Å²) in [6.45, 7) is 2.93. The number of rotatable bonds is 9. The Bertz CT molecular complexity index is 776. The van der Waals surface area contributed by atoms with E-state index in [1.165, 1.54) is 0 Å². The van der Waals surface area contributed by atoms with Gasteiger partial charge in [0.05, 0.1) is 12.2 Å². The minimum atomic E-state index is -0.976. The number of carbonyl (C=O) groups excluding carboxylic acids is 1. The van der Waals surface area contributed by atoms with E-state index in [4.69, 9.17) is 21.4 Å². The van der Waals surface area contributed by atoms with E-state index in [2.05, 4.69) is 5.32 Å². The van der Waals surface area contributed by atoms with E-state index in [0.717, 1.165) is 11.3 Å². The van der Waals surface area contributed by atoms with Gasteiger partial charge in [-0.25, -0.2) is 4.79 Å². The van der Waals surface area contributed by atoms with Gasteiger partial charge in [0.15, 0.2) is 0 Å². The Balaban J connectivity index is 1.67. The minimum absolute atomic E-state index is 0.104. The standard InChI is InChI=1S/C20H22ClNO4/c1-14-13-16(21)8-9-18(14)26-12-4-11-22-19(23)10-7-15-5-2-3-6-17(15)20(24)25/h2-3,5-6,8-9,13H,4,7,10-12H2,1H3,(H,22,23)(H,24,25). The predicted octanol–water partition coefficient (Wildman–Crippen LogP) is 3.86. The van der Waals surface area contributed by atoms with Crippen molar-refractivity contribution in [3.63, 3.8) is 0 Å². The molecule has 0 saturated carbocycles. The molecule has 6 heteroatoms. The third-order valence-corrected chi connectivity index (χ3v) is 4.14. The Hall–Kier alpha value is -2.53. The maximum Gasteiger partial charge on any atom is 0.335 e. The van der Waals surface area contributed by atoms with E-state index < -0.39 is 5.97 Å². The fourth-order valence-electron chi connectivity index (χ4n) is 2.54. The van der Waals surface area contributed by atoms with Crippen LogP contribution in [0.2, 0.25) is 5.02 Å². The zero-order chi connectivity index (χ0) is 18.9. The van der Waals surface area contributed by atoms with Crippen molar-refractivity contribution < 1.29 is 19.4 Å². The lowest BCUT2D eigenvalue weighted by molar-refractivity contribution is -0.121. The Morgan fingerprint density at radius 2 is 1.96 bits per heavy atom. The van der Waals surface area contributed by atoms with Crippen LogP contribution in [-0.2, 0) is 11.2 Å². The highest BCUT2D eigenvalue weighted by molar-refractivity contribution is 6.30. The van der Waals surface area contributed by atoms with Gasteiger partial charge in [0, 0.05) is 18.0 Å². The van der Waals surface area contributed by atoms with Crippen LogP contribution in [0.1, 0.15) is 34.3 Å². The Kier molecular flexibility index (Phi) is 7.48. The van der Waals surface area contributed by atoms with Crippen LogP contribution in [0, 0.1) is 6.92 Å². The quantitative estimate of drug-likeness (QED) is 0.652. The summed E-state index contributed by atoms with van der Waals surface area (Å²) < 4.78 is 5.67. The molecule has 0 bridgehead atoms. The first-order chi connectivity index (χ1) is 12.5. The molecule has 0 saturated heterocycles. The Labute approximate surface area is 157 Å². The second kappa shape index (κ2) is 9.82. The van der Waals surface area contributed by atoms with E-state index in [9.17, 15) is 9.59 Å². The molecule has 0 heterocycles. The van der Waals surface area contributed by atoms with Crippen molar-refractivity contribution in [2.75, 3.05) is 13.2 Å². The number of amides is 1. The molecular formula is C20H22ClNO4. The van der Waals surface area contributed by atoms with E-state index in [1.807, 2.05) is 19.1 Å². The number of benzene rings is 2. The number of aromatic carboxylic acids is 1. The fraction of sp³-hybridized carbons (Fsp3) is 0.300. The van der Waals surface area contributed by atoms with Crippen LogP contribution in [0.25, 0.3) is 0 Å². The third-order valence-electron chi connectivity index (χ3n) is 3.91. The molecule has 1 amide bonds. The van der Waals surface area contributed by atoms with Crippen LogP contribution in [0.15, 0.2) is 42.5 Å². The summed E-state index contributed by atoms with van der Waals surface area (Å²) in [6.07, 6.45) is 1.33. The molecule has 0 spiro atoms. The summed E-state index contributed by atoms with van der Waals surface area (Å²) in [5.41, 5.74) is 1.88. The lowest BCUT2D eigenvalue weighted by atomic mass is 10.0. The van der Waals surface area contributed by atoms with Gasteiger partial charge in [0.1, 0.15) is 5.75 Å². The number of carbonyl (C=O) groups is 2. The zero-order valence-electron chi connectivity index (χ0n) is 14.6. The van der Waals surface area contributed by atoms with Gasteiger partial charge < -0.3 is 15.2 Å². The van der Waals surface area contributed by atoms with Crippen LogP contribution in [0.5, 0.6) is 5.75 Å². The summed E-state index contributed by atoms with van der Waals surface area (Å²) in [4.78, 5) is 23.1. The molecule has 2 aromatic carbocycles. The van der Waals surface area contributed by atoms with Crippen LogP contribution in [0.3, 0.4) is 0 Å². The van der Waals surface area contributed by atoms with E-state index in [-0.39, 0.29) is 17.9 Å². The second-order valence-electron chi connectivity index (χ2n) is 5.92. The van der Waals surface area contributed by atoms with Crippen LogP contribution in [-0.4, -0.2) is 30.1 Å². The first kappa shape index (κ1) is 19.8. The number of carboxylic acid groups (broad SMARTS) is 1. The first-order valence-electron chi connectivity index (χ1n) is 8.44. The minimum Gasteiger partial charge on any atom is -0.493 e. The maximum absolute atomic E-state index is 11.9. The summed E-state index contributed by atoms with van der Waals surface area (Å²) >= 11 is 5.90. The van der Waals surface area contributed by atoms with Crippen LogP contribution >= 0.6 is 11.6 Å². The van der Waals surface area contributed by atoms with Crippen LogP contribution < -0.4 is 10.1 Å². The van der Waals surface area contributed by atoms with Crippen molar-refractivity contribution in [2.45, 2.75) is 26.2 Å². The largest absolute Gasteiger partial charge is 0.493 e. The van der Waals surface area contributed by atoms with Gasteiger partial charge in [0.2, 0.25) is 5.91 Å². The monoisotopic (exact) mass is 375 g/mol. The second-order valence-corrected chi connectivity index (χ2v) is 6.36. The molecule has 5 nitrogen and oxygen atoms in total. The Morgan fingerprint density at radius 1 is 1.19 bits per heavy atom. The van der Waals surface area contributed by atoms with Crippen molar-refractivity contribution in [1.82, 2.24) is 5.32 Å². The lowest BCUT2D eigenvalue weighted by Gasteiger charge is -2.10. The van der Waals surface area contributed by atoms with Gasteiger partial charge in [-0.05, 0) is 55.2 Å². The van der Waals surface area contributed by atoms with Gasteiger partial charge in [-0.2, -0.15) is 0 Å². The highest BCUT2D eigenvalue weighted by atomic mass is 35.5. The average Bonchev–Trinajstić information content (AvgIpc) is 2.61. The number of carboxylic acids is 1. The van der Waals surface area contributed by atoms with E-state index >= 15 is 0 Å². The number of halogens is 1. The van der Waals surface area contributed by atoms with E-state index in [0.29, 0.717) is 36.6 Å². The van der Waals surface area contributed by atoms with Crippen LogP contribution in [0.4, 0.5) is 0 Å². The fourth-order valence-corrected chi connectivity index (χ4v) is 2.77. The Morgan fingerprint density at radius 3 is 2.69 bits per heavy atom. The molecule has 0 aliphatic rings. The van der Waals surface area contributed by atoms with Gasteiger partial charge >= 0.3 is 5.97 Å². The van der Waals surface area contributed by atoms with Gasteiger partial charge in [-0.15, -0.1) is 0 Å². The molecule has 0 atom stereocenters. The summed E-state index contributed by atoms with van der Waals surface area (Å²) in [7, 11) is 0. The number of hydrogen-bond donors (Lipinski definition) is 2. The maximum atomic E-state index is 11.9. The molecule has 138 valence electrons. The molecular weight excluding hydrogens is 354 g/mol. The molecule has 2 aromatic rings. The number of hydrogen-bond acceptors (Lipinski definition) is 3. The summed E-state index contributed by atoms with van der Waals surface area (Å²) in [6, 6.07) is 12.2. The van der Waals surface area contributed by atoms with Crippen molar-refractivity contribution in [1.29, 1.82) is 0 Å². The normalized spacial score (nSPS) is 10.4. The van der Waals surface area contributed by atoms with Gasteiger partial charge in [-0.1, -0.05) is 29.8 Å². The summed E-state index contributed by atoms with van der Waals surface area (Å²) in [5.74, 6) is -0.297. The highest BCUT2D eigenvalue weighted by Crippen LogP contribution is 2.21. The molecule has 26 heavy (non-hydrogen) atoms. The SMILES string of the molecule is Cc1cc(Cl)ccc1OCCCNC(=O)CCc1ccccc1C(=O)O. The van der Waals surface area contributed by atoms with E-state index in [1.54, 1.807) is 30.3 Å². The molecule has 2 N–H and O–H groups in total. The molecule has 0 aliphatic heterocycles. The summed E-state index contributed by atoms with van der Waals surface area (Å²) in [5, 5.41) is 12.6. The average molecular weight is 376 g/mol. The third kappa shape index (κ3) is 6.08. The topological polar surface area (TPSA) is 75.6 Å². The predicted molar refractivity (Wildman–Crippen MR) is 101 cm³/mol. The van der Waals surface area contributed by atoms with Gasteiger partial charge in [-0.3, -0.25) is 4.79 Å². The molecule has 0 aromatic heterocycles. The van der Waals surface area contributed by atoms with Crippen molar-refractivity contribution >= 4 is 23.5 Å². The van der Waals surface area contributed by atoms with Crippen molar-refractivity contribution in [2.24, 2.45) is 0 Å². The molecule has 0 fully saturated rings. The number of nitrogens with one attached hydrogen (secondary N) is 1. The van der Waals surface area contributed by atoms with Gasteiger partial charge in [0.25, 0.3) is 0 Å². The number of ether oxygens (including phenoxy) is 1. The molecule has 0 radical (unpaired) electrons. The number of aryl methyl sites for hydroxylation is 2. The van der Waals surface area contributed by atoms with Crippen molar-refractivity contribution in [3.05, 3.63) is 64.2 Å². The molecule has 0 aliphatic carbocycles.